The molecule has 2 rings (SSSR count). The summed E-state index contributed by atoms with van der Waals surface area (Å²) in [5.41, 5.74) is 1.98. The van der Waals surface area contributed by atoms with Crippen LogP contribution >= 0.6 is 15.9 Å². The number of rotatable bonds is 3. The Morgan fingerprint density at radius 1 is 1.17 bits per heavy atom. The van der Waals surface area contributed by atoms with E-state index in [1.54, 1.807) is 0 Å². The molecule has 1 aliphatic rings. The highest BCUT2D eigenvalue weighted by Crippen LogP contribution is 2.27. The number of alkyl carbamates (subject to hydrolysis) is 1. The van der Waals surface area contributed by atoms with Gasteiger partial charge in [-0.1, -0.05) is 22.0 Å². The van der Waals surface area contributed by atoms with Gasteiger partial charge in [0.15, 0.2) is 0 Å². The summed E-state index contributed by atoms with van der Waals surface area (Å²) in [6.45, 7) is 7.76. The average molecular weight is 383 g/mol. The number of hydrogen-bond donors (Lipinski definition) is 2. The van der Waals surface area contributed by atoms with Crippen molar-refractivity contribution >= 4 is 27.7 Å². The molecule has 0 aromatic heterocycles. The normalized spacial score (nSPS) is 21.6. The summed E-state index contributed by atoms with van der Waals surface area (Å²) in [5.74, 6) is 0. The summed E-state index contributed by atoms with van der Waals surface area (Å²) in [5, 5.41) is 6.61. The van der Waals surface area contributed by atoms with Crippen molar-refractivity contribution in [2.24, 2.45) is 0 Å². The molecule has 0 bridgehead atoms. The SMILES string of the molecule is Cc1c(Br)cccc1NC1CCC(NC(=O)OC(C)(C)C)CC1. The largest absolute Gasteiger partial charge is 0.444 e. The van der Waals surface area contributed by atoms with Crippen LogP contribution in [0.2, 0.25) is 0 Å². The van der Waals surface area contributed by atoms with E-state index in [-0.39, 0.29) is 12.1 Å². The number of anilines is 1. The fourth-order valence-electron chi connectivity index (χ4n) is 2.84. The van der Waals surface area contributed by atoms with Crippen LogP contribution in [-0.4, -0.2) is 23.8 Å². The van der Waals surface area contributed by atoms with Crippen LogP contribution in [0.25, 0.3) is 0 Å². The molecule has 1 aromatic rings. The smallest absolute Gasteiger partial charge is 0.407 e. The molecule has 0 spiro atoms. The maximum atomic E-state index is 11.8. The lowest BCUT2D eigenvalue weighted by atomic mass is 9.91. The van der Waals surface area contributed by atoms with E-state index in [0.717, 1.165) is 30.2 Å². The molecule has 0 radical (unpaired) electrons. The number of benzene rings is 1. The second-order valence-corrected chi connectivity index (χ2v) is 8.11. The first-order chi connectivity index (χ1) is 10.7. The van der Waals surface area contributed by atoms with Gasteiger partial charge in [0.05, 0.1) is 0 Å². The first kappa shape index (κ1) is 18.1. The molecule has 0 unspecified atom stereocenters. The van der Waals surface area contributed by atoms with Crippen molar-refractivity contribution in [1.82, 2.24) is 5.32 Å². The number of carbonyl (C=O) groups is 1. The second kappa shape index (κ2) is 7.56. The molecule has 0 saturated heterocycles. The zero-order valence-corrected chi connectivity index (χ0v) is 16.0. The van der Waals surface area contributed by atoms with Crippen molar-refractivity contribution in [3.05, 3.63) is 28.2 Å². The van der Waals surface area contributed by atoms with Crippen LogP contribution in [0, 0.1) is 6.92 Å². The highest BCUT2D eigenvalue weighted by atomic mass is 79.9. The Hall–Kier alpha value is -1.23. The van der Waals surface area contributed by atoms with Crippen LogP contribution in [0.4, 0.5) is 10.5 Å². The minimum Gasteiger partial charge on any atom is -0.444 e. The van der Waals surface area contributed by atoms with Crippen molar-refractivity contribution in [3.8, 4) is 0 Å². The standard InChI is InChI=1S/C18H27BrN2O2/c1-12-15(19)6-5-7-16(12)20-13-8-10-14(11-9-13)21-17(22)23-18(2,3)4/h5-7,13-14,20H,8-11H2,1-4H3,(H,21,22). The maximum Gasteiger partial charge on any atom is 0.407 e. The van der Waals surface area contributed by atoms with Crippen molar-refractivity contribution < 1.29 is 9.53 Å². The fourth-order valence-corrected chi connectivity index (χ4v) is 3.21. The van der Waals surface area contributed by atoms with E-state index in [9.17, 15) is 4.79 Å². The molecule has 128 valence electrons. The lowest BCUT2D eigenvalue weighted by Crippen LogP contribution is -2.42. The average Bonchev–Trinajstić information content (AvgIpc) is 2.44. The van der Waals surface area contributed by atoms with Crippen molar-refractivity contribution in [1.29, 1.82) is 0 Å². The highest BCUT2D eigenvalue weighted by Gasteiger charge is 2.24. The molecule has 0 aliphatic heterocycles. The molecule has 4 nitrogen and oxygen atoms in total. The van der Waals surface area contributed by atoms with E-state index in [1.807, 2.05) is 20.8 Å². The van der Waals surface area contributed by atoms with Crippen LogP contribution in [0.1, 0.15) is 52.0 Å². The van der Waals surface area contributed by atoms with Crippen molar-refractivity contribution in [3.63, 3.8) is 0 Å². The molecule has 0 heterocycles. The highest BCUT2D eigenvalue weighted by molar-refractivity contribution is 9.10. The quantitative estimate of drug-likeness (QED) is 0.772. The van der Waals surface area contributed by atoms with Gasteiger partial charge in [-0.15, -0.1) is 0 Å². The summed E-state index contributed by atoms with van der Waals surface area (Å²) in [6, 6.07) is 6.90. The molecular formula is C18H27BrN2O2. The topological polar surface area (TPSA) is 50.4 Å². The van der Waals surface area contributed by atoms with E-state index >= 15 is 0 Å². The van der Waals surface area contributed by atoms with E-state index in [1.165, 1.54) is 11.3 Å². The number of ether oxygens (including phenoxy) is 1. The molecule has 5 heteroatoms. The molecule has 0 atom stereocenters. The second-order valence-electron chi connectivity index (χ2n) is 7.25. The van der Waals surface area contributed by atoms with Crippen LogP contribution in [0.5, 0.6) is 0 Å². The maximum absolute atomic E-state index is 11.8. The van der Waals surface area contributed by atoms with Crippen LogP contribution in [0.3, 0.4) is 0 Å². The Bertz CT molecular complexity index is 546. The van der Waals surface area contributed by atoms with E-state index in [4.69, 9.17) is 4.74 Å². The van der Waals surface area contributed by atoms with E-state index in [0.29, 0.717) is 6.04 Å². The van der Waals surface area contributed by atoms with Gasteiger partial charge in [0.25, 0.3) is 0 Å². The summed E-state index contributed by atoms with van der Waals surface area (Å²) in [7, 11) is 0. The minimum atomic E-state index is -0.443. The van der Waals surface area contributed by atoms with Crippen molar-refractivity contribution in [2.45, 2.75) is 71.1 Å². The predicted molar refractivity (Wildman–Crippen MR) is 97.9 cm³/mol. The lowest BCUT2D eigenvalue weighted by Gasteiger charge is -2.31. The van der Waals surface area contributed by atoms with E-state index < -0.39 is 5.60 Å². The Morgan fingerprint density at radius 3 is 2.39 bits per heavy atom. The number of nitrogens with one attached hydrogen (secondary N) is 2. The van der Waals surface area contributed by atoms with Gasteiger partial charge < -0.3 is 15.4 Å². The summed E-state index contributed by atoms with van der Waals surface area (Å²) in [6.07, 6.45) is 3.74. The molecule has 1 fully saturated rings. The number of halogens is 1. The fraction of sp³-hybridized carbons (Fsp3) is 0.611. The first-order valence-corrected chi connectivity index (χ1v) is 9.05. The molecule has 1 aliphatic carbocycles. The lowest BCUT2D eigenvalue weighted by molar-refractivity contribution is 0.0492. The molecular weight excluding hydrogens is 356 g/mol. The van der Waals surface area contributed by atoms with Crippen LogP contribution < -0.4 is 10.6 Å². The van der Waals surface area contributed by atoms with Crippen LogP contribution in [-0.2, 0) is 4.74 Å². The third kappa shape index (κ3) is 5.72. The number of amides is 1. The summed E-state index contributed by atoms with van der Waals surface area (Å²) < 4.78 is 6.45. The van der Waals surface area contributed by atoms with E-state index in [2.05, 4.69) is 51.7 Å². The Kier molecular flexibility index (Phi) is 5.95. The predicted octanol–water partition coefficient (Wildman–Crippen LogP) is 5.01. The number of hydrogen-bond acceptors (Lipinski definition) is 3. The Morgan fingerprint density at radius 2 is 1.78 bits per heavy atom. The monoisotopic (exact) mass is 382 g/mol. The van der Waals surface area contributed by atoms with Gasteiger partial charge in [0, 0.05) is 22.2 Å². The Balaban J connectivity index is 1.80. The van der Waals surface area contributed by atoms with Gasteiger partial charge >= 0.3 is 6.09 Å². The van der Waals surface area contributed by atoms with Crippen molar-refractivity contribution in [2.75, 3.05) is 5.32 Å². The van der Waals surface area contributed by atoms with Gasteiger partial charge in [0.1, 0.15) is 5.60 Å². The summed E-state index contributed by atoms with van der Waals surface area (Å²) in [4.78, 5) is 11.8. The molecule has 1 amide bonds. The number of carbonyl (C=O) groups excluding carboxylic acids is 1. The van der Waals surface area contributed by atoms with Gasteiger partial charge in [-0.2, -0.15) is 0 Å². The van der Waals surface area contributed by atoms with Gasteiger partial charge in [0.2, 0.25) is 0 Å². The van der Waals surface area contributed by atoms with Gasteiger partial charge in [-0.3, -0.25) is 0 Å². The third-order valence-electron chi connectivity index (χ3n) is 4.08. The molecule has 1 saturated carbocycles. The Labute approximate surface area is 147 Å². The zero-order chi connectivity index (χ0) is 17.0. The summed E-state index contributed by atoms with van der Waals surface area (Å²) >= 11 is 3.57. The van der Waals surface area contributed by atoms with Crippen LogP contribution in [0.15, 0.2) is 22.7 Å². The third-order valence-corrected chi connectivity index (χ3v) is 4.93. The van der Waals surface area contributed by atoms with Gasteiger partial charge in [-0.25, -0.2) is 4.79 Å². The molecule has 23 heavy (non-hydrogen) atoms. The molecule has 2 N–H and O–H groups in total. The van der Waals surface area contributed by atoms with Gasteiger partial charge in [-0.05, 0) is 71.1 Å². The first-order valence-electron chi connectivity index (χ1n) is 8.26. The minimum absolute atomic E-state index is 0.214. The molecule has 1 aromatic carbocycles. The zero-order valence-electron chi connectivity index (χ0n) is 14.4.